The molecule has 128 valence electrons. The second-order valence-electron chi connectivity index (χ2n) is 5.00. The molecule has 0 atom stereocenters. The Bertz CT molecular complexity index is 905. The van der Waals surface area contributed by atoms with Gasteiger partial charge in [-0.2, -0.15) is 0 Å². The summed E-state index contributed by atoms with van der Waals surface area (Å²) in [6.45, 7) is 0. The molecule has 0 spiro atoms. The summed E-state index contributed by atoms with van der Waals surface area (Å²) < 4.78 is 10.7. The maximum atomic E-state index is 12.1. The van der Waals surface area contributed by atoms with E-state index in [4.69, 9.17) is 14.3 Å². The lowest BCUT2D eigenvalue weighted by Gasteiger charge is -2.10. The predicted molar refractivity (Wildman–Crippen MR) is 93.3 cm³/mol. The first-order valence-corrected chi connectivity index (χ1v) is 8.25. The van der Waals surface area contributed by atoms with Gasteiger partial charge in [0.1, 0.15) is 11.3 Å². The molecule has 0 saturated carbocycles. The Morgan fingerprint density at radius 1 is 1.28 bits per heavy atom. The third-order valence-corrected chi connectivity index (χ3v) is 4.15. The fourth-order valence-corrected chi connectivity index (χ4v) is 2.80. The van der Waals surface area contributed by atoms with E-state index in [1.54, 1.807) is 6.07 Å². The highest BCUT2D eigenvalue weighted by Gasteiger charge is 2.13. The topological polar surface area (TPSA) is 102 Å². The lowest BCUT2D eigenvalue weighted by atomic mass is 10.2. The smallest absolute Gasteiger partial charge is 0.335 e. The molecule has 1 aromatic heterocycles. The quantitative estimate of drug-likeness (QED) is 0.652. The van der Waals surface area contributed by atoms with Crippen LogP contribution in [-0.2, 0) is 4.79 Å². The van der Waals surface area contributed by atoms with Crippen LogP contribution in [0.1, 0.15) is 10.4 Å². The first-order chi connectivity index (χ1) is 12.1. The highest BCUT2D eigenvalue weighted by Crippen LogP contribution is 2.27. The number of carbonyl (C=O) groups is 2. The van der Waals surface area contributed by atoms with Crippen LogP contribution in [0.2, 0.25) is 0 Å². The number of aromatic carboxylic acids is 1. The molecule has 0 fully saturated rings. The number of nitrogens with one attached hydrogen (secondary N) is 1. The van der Waals surface area contributed by atoms with Crippen molar-refractivity contribution in [3.63, 3.8) is 0 Å². The first-order valence-electron chi connectivity index (χ1n) is 7.26. The van der Waals surface area contributed by atoms with E-state index in [0.29, 0.717) is 22.2 Å². The molecule has 2 N–H and O–H groups in total. The van der Waals surface area contributed by atoms with Gasteiger partial charge in [0.15, 0.2) is 5.58 Å². The van der Waals surface area contributed by atoms with Crippen LogP contribution in [0.3, 0.4) is 0 Å². The number of nitrogens with zero attached hydrogens (tertiary/aromatic N) is 1. The number of aromatic nitrogens is 1. The second kappa shape index (κ2) is 7.27. The van der Waals surface area contributed by atoms with Crippen molar-refractivity contribution in [2.45, 2.75) is 5.22 Å². The third-order valence-electron chi connectivity index (χ3n) is 3.32. The van der Waals surface area contributed by atoms with Crippen molar-refractivity contribution in [2.24, 2.45) is 0 Å². The standard InChI is InChI=1S/C17H14N2O5S/c1-23-13-7-6-10(16(21)22)8-12(13)18-15(20)9-25-17-19-11-4-2-3-5-14(11)24-17/h2-8H,9H2,1H3,(H,18,20)(H,21,22). The van der Waals surface area contributed by atoms with Gasteiger partial charge in [0.2, 0.25) is 5.91 Å². The van der Waals surface area contributed by atoms with Gasteiger partial charge in [-0.15, -0.1) is 0 Å². The van der Waals surface area contributed by atoms with Gasteiger partial charge >= 0.3 is 5.97 Å². The molecule has 0 unspecified atom stereocenters. The Morgan fingerprint density at radius 3 is 2.80 bits per heavy atom. The van der Waals surface area contributed by atoms with Crippen LogP contribution in [0.15, 0.2) is 52.1 Å². The number of rotatable bonds is 6. The Hall–Kier alpha value is -3.00. The maximum absolute atomic E-state index is 12.1. The van der Waals surface area contributed by atoms with Crippen LogP contribution < -0.4 is 10.1 Å². The molecule has 0 saturated heterocycles. The summed E-state index contributed by atoms with van der Waals surface area (Å²) in [6.07, 6.45) is 0. The minimum absolute atomic E-state index is 0.0581. The molecule has 0 radical (unpaired) electrons. The number of ether oxygens (including phenoxy) is 1. The van der Waals surface area contributed by atoms with Crippen molar-refractivity contribution in [2.75, 3.05) is 18.2 Å². The number of hydrogen-bond acceptors (Lipinski definition) is 6. The summed E-state index contributed by atoms with van der Waals surface area (Å²) >= 11 is 1.15. The molecule has 8 heteroatoms. The van der Waals surface area contributed by atoms with Crippen LogP contribution in [0, 0.1) is 0 Å². The van der Waals surface area contributed by atoms with Crippen molar-refractivity contribution in [3.05, 3.63) is 48.0 Å². The molecule has 1 heterocycles. The van der Waals surface area contributed by atoms with Gasteiger partial charge in [0, 0.05) is 0 Å². The largest absolute Gasteiger partial charge is 0.495 e. The van der Waals surface area contributed by atoms with Crippen molar-refractivity contribution in [1.29, 1.82) is 0 Å². The fraction of sp³-hybridized carbons (Fsp3) is 0.118. The van der Waals surface area contributed by atoms with Gasteiger partial charge in [-0.1, -0.05) is 23.9 Å². The van der Waals surface area contributed by atoms with E-state index in [1.807, 2.05) is 18.2 Å². The fourth-order valence-electron chi connectivity index (χ4n) is 2.17. The number of hydrogen-bond donors (Lipinski definition) is 2. The van der Waals surface area contributed by atoms with Gasteiger partial charge in [-0.3, -0.25) is 4.79 Å². The summed E-state index contributed by atoms with van der Waals surface area (Å²) in [4.78, 5) is 27.5. The number of oxazole rings is 1. The Morgan fingerprint density at radius 2 is 2.08 bits per heavy atom. The second-order valence-corrected chi connectivity index (χ2v) is 5.93. The van der Waals surface area contributed by atoms with Crippen LogP contribution in [0.4, 0.5) is 5.69 Å². The Kier molecular flexibility index (Phi) is 4.90. The van der Waals surface area contributed by atoms with Gasteiger partial charge < -0.3 is 19.6 Å². The highest BCUT2D eigenvalue weighted by molar-refractivity contribution is 7.99. The van der Waals surface area contributed by atoms with Gasteiger partial charge in [-0.05, 0) is 30.3 Å². The molecular weight excluding hydrogens is 344 g/mol. The number of thioether (sulfide) groups is 1. The van der Waals surface area contributed by atoms with Crippen molar-refractivity contribution >= 4 is 40.4 Å². The van der Waals surface area contributed by atoms with E-state index in [9.17, 15) is 9.59 Å². The summed E-state index contributed by atoms with van der Waals surface area (Å²) in [7, 11) is 1.44. The molecule has 3 aromatic rings. The lowest BCUT2D eigenvalue weighted by Crippen LogP contribution is -2.15. The van der Waals surface area contributed by atoms with Crippen LogP contribution >= 0.6 is 11.8 Å². The molecule has 0 bridgehead atoms. The third kappa shape index (κ3) is 3.92. The number of carbonyl (C=O) groups excluding carboxylic acids is 1. The number of fused-ring (bicyclic) bond motifs is 1. The Balaban J connectivity index is 1.67. The minimum Gasteiger partial charge on any atom is -0.495 e. The molecule has 1 amide bonds. The van der Waals surface area contributed by atoms with E-state index >= 15 is 0 Å². The number of amides is 1. The summed E-state index contributed by atoms with van der Waals surface area (Å²) in [5.41, 5.74) is 1.73. The van der Waals surface area contributed by atoms with E-state index in [0.717, 1.165) is 17.3 Å². The predicted octanol–water partition coefficient (Wildman–Crippen LogP) is 3.27. The summed E-state index contributed by atoms with van der Waals surface area (Å²) in [5.74, 6) is -0.967. The zero-order chi connectivity index (χ0) is 17.8. The monoisotopic (exact) mass is 358 g/mol. The van der Waals surface area contributed by atoms with Gasteiger partial charge in [0.05, 0.1) is 24.1 Å². The molecule has 0 aliphatic carbocycles. The average Bonchev–Trinajstić information content (AvgIpc) is 3.03. The maximum Gasteiger partial charge on any atom is 0.335 e. The number of para-hydroxylation sites is 2. The Labute approximate surface area is 147 Å². The molecule has 0 aliphatic rings. The molecular formula is C17H14N2O5S. The van der Waals surface area contributed by atoms with E-state index in [-0.39, 0.29) is 17.2 Å². The first kappa shape index (κ1) is 16.8. The van der Waals surface area contributed by atoms with E-state index < -0.39 is 5.97 Å². The van der Waals surface area contributed by atoms with Crippen LogP contribution in [-0.4, -0.2) is 34.8 Å². The average molecular weight is 358 g/mol. The zero-order valence-corrected chi connectivity index (χ0v) is 14.0. The van der Waals surface area contributed by atoms with Crippen molar-refractivity contribution in [1.82, 2.24) is 4.98 Å². The van der Waals surface area contributed by atoms with E-state index in [1.165, 1.54) is 25.3 Å². The molecule has 3 rings (SSSR count). The SMILES string of the molecule is COc1ccc(C(=O)O)cc1NC(=O)CSc1nc2ccccc2o1. The van der Waals surface area contributed by atoms with Crippen LogP contribution in [0.5, 0.6) is 5.75 Å². The highest BCUT2D eigenvalue weighted by atomic mass is 32.2. The molecule has 25 heavy (non-hydrogen) atoms. The summed E-state index contributed by atoms with van der Waals surface area (Å²) in [6, 6.07) is 11.6. The number of benzene rings is 2. The number of anilines is 1. The molecule has 2 aromatic carbocycles. The number of carboxylic acid groups (broad SMARTS) is 1. The van der Waals surface area contributed by atoms with Crippen molar-refractivity contribution in [3.8, 4) is 5.75 Å². The summed E-state index contributed by atoms with van der Waals surface area (Å²) in [5, 5.41) is 12.1. The molecule has 0 aliphatic heterocycles. The normalized spacial score (nSPS) is 10.6. The van der Waals surface area contributed by atoms with Gasteiger partial charge in [-0.25, -0.2) is 9.78 Å². The van der Waals surface area contributed by atoms with Crippen molar-refractivity contribution < 1.29 is 23.8 Å². The zero-order valence-electron chi connectivity index (χ0n) is 13.2. The minimum atomic E-state index is -1.08. The number of methoxy groups -OCH3 is 1. The lowest BCUT2D eigenvalue weighted by molar-refractivity contribution is -0.113. The van der Waals surface area contributed by atoms with Crippen LogP contribution in [0.25, 0.3) is 11.1 Å². The number of carboxylic acids is 1. The van der Waals surface area contributed by atoms with E-state index in [2.05, 4.69) is 10.3 Å². The molecule has 7 nitrogen and oxygen atoms in total. The van der Waals surface area contributed by atoms with Gasteiger partial charge in [0.25, 0.3) is 5.22 Å².